The van der Waals surface area contributed by atoms with Gasteiger partial charge in [-0.2, -0.15) is 0 Å². The Balaban J connectivity index is 2.78. The molecule has 1 amide bonds. The topological polar surface area (TPSA) is 66.4 Å². The van der Waals surface area contributed by atoms with Crippen LogP contribution in [0.1, 0.15) is 37.0 Å². The van der Waals surface area contributed by atoms with Crippen molar-refractivity contribution in [3.05, 3.63) is 35.4 Å². The lowest BCUT2D eigenvalue weighted by atomic mass is 9.97. The first-order chi connectivity index (χ1) is 8.71. The van der Waals surface area contributed by atoms with Crippen molar-refractivity contribution >= 4 is 11.9 Å². The molecule has 0 aliphatic rings. The minimum Gasteiger partial charge on any atom is -0.481 e. The summed E-state index contributed by atoms with van der Waals surface area (Å²) in [6.07, 6.45) is 0.0594. The predicted molar refractivity (Wildman–Crippen MR) is 64.8 cm³/mol. The molecule has 0 heterocycles. The molecule has 0 bridgehead atoms. The van der Waals surface area contributed by atoms with Crippen LogP contribution in [0.4, 0.5) is 8.78 Å². The average Bonchev–Trinajstić information content (AvgIpc) is 2.29. The van der Waals surface area contributed by atoms with Gasteiger partial charge in [0.25, 0.3) is 5.91 Å². The quantitative estimate of drug-likeness (QED) is 0.863. The summed E-state index contributed by atoms with van der Waals surface area (Å²) in [6.45, 7) is 3.23. The summed E-state index contributed by atoms with van der Waals surface area (Å²) in [5.41, 5.74) is -1.22. The van der Waals surface area contributed by atoms with Crippen LogP contribution in [0.5, 0.6) is 0 Å². The molecule has 19 heavy (non-hydrogen) atoms. The molecule has 0 aliphatic carbocycles. The molecule has 0 unspecified atom stereocenters. The second-order valence-corrected chi connectivity index (χ2v) is 4.86. The molecule has 1 rings (SSSR count). The van der Waals surface area contributed by atoms with Gasteiger partial charge in [0, 0.05) is 12.0 Å². The second-order valence-electron chi connectivity index (χ2n) is 4.86. The molecule has 0 aliphatic heterocycles. The van der Waals surface area contributed by atoms with Crippen LogP contribution < -0.4 is 5.32 Å². The lowest BCUT2D eigenvalue weighted by Gasteiger charge is -2.25. The average molecular weight is 271 g/mol. The summed E-state index contributed by atoms with van der Waals surface area (Å²) in [5.74, 6) is -3.30. The monoisotopic (exact) mass is 271 g/mol. The fourth-order valence-electron chi connectivity index (χ4n) is 1.53. The van der Waals surface area contributed by atoms with Crippen molar-refractivity contribution < 1.29 is 23.5 Å². The first-order valence-corrected chi connectivity index (χ1v) is 5.70. The van der Waals surface area contributed by atoms with Crippen LogP contribution in [0.25, 0.3) is 0 Å². The van der Waals surface area contributed by atoms with E-state index in [1.807, 2.05) is 0 Å². The minimum atomic E-state index is -0.987. The van der Waals surface area contributed by atoms with Crippen molar-refractivity contribution in [1.82, 2.24) is 5.32 Å². The number of aliphatic carboxylic acids is 1. The van der Waals surface area contributed by atoms with Gasteiger partial charge in [-0.15, -0.1) is 0 Å². The Kier molecular flexibility index (Phi) is 4.58. The van der Waals surface area contributed by atoms with E-state index in [4.69, 9.17) is 5.11 Å². The maximum Gasteiger partial charge on any atom is 0.303 e. The third kappa shape index (κ3) is 4.65. The van der Waals surface area contributed by atoms with E-state index in [9.17, 15) is 18.4 Å². The lowest BCUT2D eigenvalue weighted by molar-refractivity contribution is -0.137. The Hall–Kier alpha value is -1.98. The van der Waals surface area contributed by atoms with Crippen molar-refractivity contribution in [3.8, 4) is 0 Å². The van der Waals surface area contributed by atoms with E-state index in [0.717, 1.165) is 18.2 Å². The molecule has 0 atom stereocenters. The predicted octanol–water partition coefficient (Wildman–Crippen LogP) is 2.34. The first kappa shape index (κ1) is 15.1. The molecule has 0 spiro atoms. The highest BCUT2D eigenvalue weighted by molar-refractivity contribution is 5.94. The van der Waals surface area contributed by atoms with Crippen molar-refractivity contribution in [1.29, 1.82) is 0 Å². The molecular formula is C13H15F2NO3. The zero-order valence-electron chi connectivity index (χ0n) is 10.7. The highest BCUT2D eigenvalue weighted by Gasteiger charge is 2.23. The van der Waals surface area contributed by atoms with Gasteiger partial charge in [-0.1, -0.05) is 0 Å². The standard InChI is InChI=1S/C13H15F2NO3/c1-13(2,6-5-11(17)18)16-12(19)9-7-8(14)3-4-10(9)15/h3-4,7H,5-6H2,1-2H3,(H,16,19)(H,17,18). The first-order valence-electron chi connectivity index (χ1n) is 5.70. The summed E-state index contributed by atoms with van der Waals surface area (Å²) in [5, 5.41) is 11.1. The molecule has 104 valence electrons. The van der Waals surface area contributed by atoms with Gasteiger partial charge in [0.1, 0.15) is 11.6 Å². The van der Waals surface area contributed by atoms with Gasteiger partial charge in [-0.3, -0.25) is 9.59 Å². The Morgan fingerprint density at radius 1 is 1.32 bits per heavy atom. The summed E-state index contributed by atoms with van der Waals surface area (Å²) in [7, 11) is 0. The van der Waals surface area contributed by atoms with Gasteiger partial charge in [0.05, 0.1) is 5.56 Å². The van der Waals surface area contributed by atoms with Crippen LogP contribution >= 0.6 is 0 Å². The van der Waals surface area contributed by atoms with Crippen LogP contribution in [-0.2, 0) is 4.79 Å². The Bertz CT molecular complexity index is 501. The number of hydrogen-bond acceptors (Lipinski definition) is 2. The number of carboxylic acids is 1. The Morgan fingerprint density at radius 2 is 1.95 bits per heavy atom. The minimum absolute atomic E-state index is 0.126. The number of rotatable bonds is 5. The number of hydrogen-bond donors (Lipinski definition) is 2. The fourth-order valence-corrected chi connectivity index (χ4v) is 1.53. The number of carbonyl (C=O) groups excluding carboxylic acids is 1. The van der Waals surface area contributed by atoms with E-state index in [1.54, 1.807) is 13.8 Å². The Morgan fingerprint density at radius 3 is 2.53 bits per heavy atom. The zero-order valence-corrected chi connectivity index (χ0v) is 10.7. The van der Waals surface area contributed by atoms with E-state index < -0.39 is 34.6 Å². The molecule has 0 aromatic heterocycles. The highest BCUT2D eigenvalue weighted by Crippen LogP contribution is 2.15. The molecule has 0 radical (unpaired) electrons. The zero-order chi connectivity index (χ0) is 14.6. The van der Waals surface area contributed by atoms with Gasteiger partial charge in [0.2, 0.25) is 0 Å². The second kappa shape index (κ2) is 5.77. The smallest absolute Gasteiger partial charge is 0.303 e. The molecule has 0 fully saturated rings. The number of nitrogens with one attached hydrogen (secondary N) is 1. The van der Waals surface area contributed by atoms with Crippen molar-refractivity contribution in [3.63, 3.8) is 0 Å². The SMILES string of the molecule is CC(C)(CCC(=O)O)NC(=O)c1cc(F)ccc1F. The van der Waals surface area contributed by atoms with E-state index in [-0.39, 0.29) is 12.8 Å². The molecule has 6 heteroatoms. The molecular weight excluding hydrogens is 256 g/mol. The van der Waals surface area contributed by atoms with E-state index >= 15 is 0 Å². The van der Waals surface area contributed by atoms with Gasteiger partial charge in [-0.05, 0) is 38.5 Å². The van der Waals surface area contributed by atoms with Crippen LogP contribution in [0.3, 0.4) is 0 Å². The number of benzene rings is 1. The largest absolute Gasteiger partial charge is 0.481 e. The summed E-state index contributed by atoms with van der Waals surface area (Å²) in [6, 6.07) is 2.59. The van der Waals surface area contributed by atoms with Crippen LogP contribution in [0.15, 0.2) is 18.2 Å². The summed E-state index contributed by atoms with van der Waals surface area (Å²) < 4.78 is 26.4. The van der Waals surface area contributed by atoms with Gasteiger partial charge in [0.15, 0.2) is 0 Å². The Labute approximate surface area is 109 Å². The molecule has 4 nitrogen and oxygen atoms in total. The van der Waals surface area contributed by atoms with Crippen LogP contribution in [0.2, 0.25) is 0 Å². The molecule has 0 saturated heterocycles. The highest BCUT2D eigenvalue weighted by atomic mass is 19.1. The molecule has 0 saturated carbocycles. The maximum absolute atomic E-state index is 13.4. The normalized spacial score (nSPS) is 11.2. The number of amides is 1. The van der Waals surface area contributed by atoms with Crippen LogP contribution in [0, 0.1) is 11.6 Å². The molecule has 2 N–H and O–H groups in total. The van der Waals surface area contributed by atoms with Crippen molar-refractivity contribution in [2.45, 2.75) is 32.2 Å². The fraction of sp³-hybridized carbons (Fsp3) is 0.385. The maximum atomic E-state index is 13.4. The summed E-state index contributed by atoms with van der Waals surface area (Å²) in [4.78, 5) is 22.3. The number of carbonyl (C=O) groups is 2. The molecule has 1 aromatic rings. The van der Waals surface area contributed by atoms with E-state index in [0.29, 0.717) is 0 Å². The third-order valence-corrected chi connectivity index (χ3v) is 2.59. The van der Waals surface area contributed by atoms with Crippen molar-refractivity contribution in [2.24, 2.45) is 0 Å². The summed E-state index contributed by atoms with van der Waals surface area (Å²) >= 11 is 0. The third-order valence-electron chi connectivity index (χ3n) is 2.59. The van der Waals surface area contributed by atoms with E-state index in [1.165, 1.54) is 0 Å². The van der Waals surface area contributed by atoms with Gasteiger partial charge in [-0.25, -0.2) is 8.78 Å². The van der Waals surface area contributed by atoms with Crippen LogP contribution in [-0.4, -0.2) is 22.5 Å². The lowest BCUT2D eigenvalue weighted by Crippen LogP contribution is -2.44. The van der Waals surface area contributed by atoms with Gasteiger partial charge >= 0.3 is 5.97 Å². The number of halogens is 2. The number of carboxylic acid groups (broad SMARTS) is 1. The molecule has 1 aromatic carbocycles. The van der Waals surface area contributed by atoms with Crippen molar-refractivity contribution in [2.75, 3.05) is 0 Å². The van der Waals surface area contributed by atoms with E-state index in [2.05, 4.69) is 5.32 Å². The van der Waals surface area contributed by atoms with Gasteiger partial charge < -0.3 is 10.4 Å².